The quantitative estimate of drug-likeness (QED) is 0.874. The highest BCUT2D eigenvalue weighted by atomic mass is 16.6. The van der Waals surface area contributed by atoms with Crippen molar-refractivity contribution in [3.8, 4) is 11.5 Å². The number of hydrogen-bond acceptors (Lipinski definition) is 6. The molecular formula is C17H21N3O4. The second-order valence-electron chi connectivity index (χ2n) is 5.84. The van der Waals surface area contributed by atoms with Crippen molar-refractivity contribution in [1.82, 2.24) is 10.1 Å². The van der Waals surface area contributed by atoms with E-state index in [-0.39, 0.29) is 5.91 Å². The third-order valence-corrected chi connectivity index (χ3v) is 3.68. The minimum Gasteiger partial charge on any atom is -0.486 e. The van der Waals surface area contributed by atoms with Gasteiger partial charge in [0.2, 0.25) is 5.91 Å². The van der Waals surface area contributed by atoms with Gasteiger partial charge in [-0.2, -0.15) is 0 Å². The number of hydrogen-bond donors (Lipinski definition) is 1. The number of fused-ring (bicyclic) bond motifs is 1. The Balaban J connectivity index is 1.47. The zero-order chi connectivity index (χ0) is 16.9. The van der Waals surface area contributed by atoms with Gasteiger partial charge in [-0.25, -0.2) is 0 Å². The molecule has 0 radical (unpaired) electrons. The largest absolute Gasteiger partial charge is 0.486 e. The lowest BCUT2D eigenvalue weighted by Gasteiger charge is -2.21. The van der Waals surface area contributed by atoms with Crippen molar-refractivity contribution in [2.75, 3.05) is 32.1 Å². The summed E-state index contributed by atoms with van der Waals surface area (Å²) in [6.45, 7) is 4.31. The van der Waals surface area contributed by atoms with E-state index >= 15 is 0 Å². The van der Waals surface area contributed by atoms with Crippen LogP contribution in [0.2, 0.25) is 0 Å². The van der Waals surface area contributed by atoms with Crippen molar-refractivity contribution in [2.24, 2.45) is 0 Å². The SMILES string of the molecule is Cc1cc(NC(=O)CCN(C)Cc2ccc3c(c2)OCCO3)no1. The first-order valence-electron chi connectivity index (χ1n) is 7.90. The third kappa shape index (κ3) is 4.26. The van der Waals surface area contributed by atoms with Crippen LogP contribution >= 0.6 is 0 Å². The van der Waals surface area contributed by atoms with Crippen molar-refractivity contribution in [3.63, 3.8) is 0 Å². The normalized spacial score (nSPS) is 13.1. The zero-order valence-electron chi connectivity index (χ0n) is 13.9. The highest BCUT2D eigenvalue weighted by molar-refractivity contribution is 5.89. The first-order valence-corrected chi connectivity index (χ1v) is 7.90. The Bertz CT molecular complexity index is 714. The van der Waals surface area contributed by atoms with E-state index in [1.807, 2.05) is 25.2 Å². The fourth-order valence-corrected chi connectivity index (χ4v) is 2.50. The van der Waals surface area contributed by atoms with Crippen LogP contribution in [0.15, 0.2) is 28.8 Å². The molecule has 128 valence electrons. The maximum atomic E-state index is 11.9. The number of ether oxygens (including phenoxy) is 2. The lowest BCUT2D eigenvalue weighted by molar-refractivity contribution is -0.116. The minimum absolute atomic E-state index is 0.0858. The topological polar surface area (TPSA) is 76.8 Å². The average Bonchev–Trinajstić information content (AvgIpc) is 2.98. The molecule has 0 fully saturated rings. The molecule has 0 atom stereocenters. The maximum absolute atomic E-state index is 11.9. The first-order chi connectivity index (χ1) is 11.6. The van der Waals surface area contributed by atoms with E-state index in [2.05, 4.69) is 15.4 Å². The van der Waals surface area contributed by atoms with E-state index in [0.717, 1.165) is 23.6 Å². The number of aromatic nitrogens is 1. The van der Waals surface area contributed by atoms with Crippen molar-refractivity contribution in [3.05, 3.63) is 35.6 Å². The van der Waals surface area contributed by atoms with Crippen molar-refractivity contribution in [2.45, 2.75) is 19.9 Å². The molecule has 0 unspecified atom stereocenters. The van der Waals surface area contributed by atoms with Crippen molar-refractivity contribution < 1.29 is 18.8 Å². The summed E-state index contributed by atoms with van der Waals surface area (Å²) in [5.74, 6) is 2.60. The number of carbonyl (C=O) groups is 1. The maximum Gasteiger partial charge on any atom is 0.226 e. The number of amides is 1. The van der Waals surface area contributed by atoms with E-state index in [1.54, 1.807) is 13.0 Å². The summed E-state index contributed by atoms with van der Waals surface area (Å²) in [5.41, 5.74) is 1.12. The molecule has 0 saturated carbocycles. The Hall–Kier alpha value is -2.54. The van der Waals surface area contributed by atoms with Gasteiger partial charge in [-0.15, -0.1) is 0 Å². The molecule has 7 nitrogen and oxygen atoms in total. The predicted molar refractivity (Wildman–Crippen MR) is 88.3 cm³/mol. The van der Waals surface area contributed by atoms with Gasteiger partial charge < -0.3 is 24.2 Å². The summed E-state index contributed by atoms with van der Waals surface area (Å²) < 4.78 is 16.0. The van der Waals surface area contributed by atoms with Gasteiger partial charge in [0.15, 0.2) is 17.3 Å². The van der Waals surface area contributed by atoms with E-state index in [1.165, 1.54) is 0 Å². The molecule has 0 spiro atoms. The average molecular weight is 331 g/mol. The molecule has 3 rings (SSSR count). The van der Waals surface area contributed by atoms with Gasteiger partial charge in [-0.05, 0) is 31.7 Å². The zero-order valence-corrected chi connectivity index (χ0v) is 13.9. The molecule has 1 aliphatic rings. The number of nitrogens with zero attached hydrogens (tertiary/aromatic N) is 2. The number of rotatable bonds is 6. The number of nitrogens with one attached hydrogen (secondary N) is 1. The number of carbonyl (C=O) groups excluding carboxylic acids is 1. The third-order valence-electron chi connectivity index (χ3n) is 3.68. The standard InChI is InChI=1S/C17H21N3O4/c1-12-9-16(19-24-12)18-17(21)5-6-20(2)11-13-3-4-14-15(10-13)23-8-7-22-14/h3-4,9-10H,5-8,11H2,1-2H3,(H,18,19,21). The number of anilines is 1. The van der Waals surface area contributed by atoms with Gasteiger partial charge in [-0.3, -0.25) is 4.79 Å². The van der Waals surface area contributed by atoms with Crippen LogP contribution < -0.4 is 14.8 Å². The van der Waals surface area contributed by atoms with Gasteiger partial charge in [0, 0.05) is 25.6 Å². The van der Waals surface area contributed by atoms with Crippen LogP contribution in [0.1, 0.15) is 17.7 Å². The molecule has 7 heteroatoms. The Morgan fingerprint density at radius 3 is 2.79 bits per heavy atom. The van der Waals surface area contributed by atoms with Crippen LogP contribution in [0.25, 0.3) is 0 Å². The molecule has 2 heterocycles. The van der Waals surface area contributed by atoms with E-state index in [0.29, 0.717) is 37.8 Å². The predicted octanol–water partition coefficient (Wildman–Crippen LogP) is 2.21. The van der Waals surface area contributed by atoms with Crippen molar-refractivity contribution >= 4 is 11.7 Å². The molecule has 1 amide bonds. The summed E-state index contributed by atoms with van der Waals surface area (Å²) in [5, 5.41) is 6.46. The Labute approximate surface area is 140 Å². The first kappa shape index (κ1) is 16.3. The second kappa shape index (κ2) is 7.35. The summed E-state index contributed by atoms with van der Waals surface area (Å²) in [4.78, 5) is 14.0. The smallest absolute Gasteiger partial charge is 0.226 e. The molecule has 1 aliphatic heterocycles. The molecule has 2 aromatic rings. The Morgan fingerprint density at radius 1 is 1.25 bits per heavy atom. The van der Waals surface area contributed by atoms with Crippen LogP contribution in [0.3, 0.4) is 0 Å². The molecule has 1 aromatic carbocycles. The van der Waals surface area contributed by atoms with E-state index < -0.39 is 0 Å². The molecule has 1 N–H and O–H groups in total. The van der Waals surface area contributed by atoms with Crippen molar-refractivity contribution in [1.29, 1.82) is 0 Å². The van der Waals surface area contributed by atoms with Crippen LogP contribution in [0.4, 0.5) is 5.82 Å². The minimum atomic E-state index is -0.0858. The molecule has 0 aliphatic carbocycles. The molecule has 0 bridgehead atoms. The number of benzene rings is 1. The molecule has 0 saturated heterocycles. The van der Waals surface area contributed by atoms with Gasteiger partial charge in [-0.1, -0.05) is 11.2 Å². The van der Waals surface area contributed by atoms with Gasteiger partial charge in [0.25, 0.3) is 0 Å². The lowest BCUT2D eigenvalue weighted by Crippen LogP contribution is -2.24. The fraction of sp³-hybridized carbons (Fsp3) is 0.412. The summed E-state index contributed by atoms with van der Waals surface area (Å²) in [6, 6.07) is 7.62. The molecule has 24 heavy (non-hydrogen) atoms. The summed E-state index contributed by atoms with van der Waals surface area (Å²) in [7, 11) is 1.98. The Morgan fingerprint density at radius 2 is 2.04 bits per heavy atom. The van der Waals surface area contributed by atoms with E-state index in [4.69, 9.17) is 14.0 Å². The van der Waals surface area contributed by atoms with Crippen LogP contribution in [0.5, 0.6) is 11.5 Å². The van der Waals surface area contributed by atoms with Crippen LogP contribution in [0, 0.1) is 6.92 Å². The number of aryl methyl sites for hydroxylation is 1. The van der Waals surface area contributed by atoms with Gasteiger partial charge >= 0.3 is 0 Å². The highest BCUT2D eigenvalue weighted by Gasteiger charge is 2.13. The highest BCUT2D eigenvalue weighted by Crippen LogP contribution is 2.31. The molecular weight excluding hydrogens is 310 g/mol. The molecule has 1 aromatic heterocycles. The van der Waals surface area contributed by atoms with E-state index in [9.17, 15) is 4.79 Å². The van der Waals surface area contributed by atoms with Crippen LogP contribution in [-0.2, 0) is 11.3 Å². The summed E-state index contributed by atoms with van der Waals surface area (Å²) >= 11 is 0. The lowest BCUT2D eigenvalue weighted by atomic mass is 10.2. The fourth-order valence-electron chi connectivity index (χ4n) is 2.50. The van der Waals surface area contributed by atoms with Crippen LogP contribution in [-0.4, -0.2) is 42.8 Å². The Kier molecular flexibility index (Phi) is 5.00. The monoisotopic (exact) mass is 331 g/mol. The van der Waals surface area contributed by atoms with Gasteiger partial charge in [0.05, 0.1) is 0 Å². The second-order valence-corrected chi connectivity index (χ2v) is 5.84. The van der Waals surface area contributed by atoms with Gasteiger partial charge in [0.1, 0.15) is 19.0 Å². The summed E-state index contributed by atoms with van der Waals surface area (Å²) in [6.07, 6.45) is 0.382.